The average molecular weight is 258 g/mol. The van der Waals surface area contributed by atoms with E-state index >= 15 is 0 Å². The van der Waals surface area contributed by atoms with Crippen LogP contribution < -0.4 is 4.90 Å². The van der Waals surface area contributed by atoms with Crippen LogP contribution in [-0.2, 0) is 9.53 Å². The molecule has 2 aromatic rings. The number of pyridine rings is 1. The fraction of sp³-hybridized carbons (Fsp3) is 0.385. The fourth-order valence-corrected chi connectivity index (χ4v) is 2.35. The van der Waals surface area contributed by atoms with Crippen molar-refractivity contribution >= 4 is 23.0 Å². The molecule has 3 heterocycles. The van der Waals surface area contributed by atoms with Crippen molar-refractivity contribution in [3.05, 3.63) is 24.5 Å². The standard InChI is InChI=1S/C13H14N4O2/c1-19-13(18)9-4-7-17(8-9)11-3-2-10-12(16-11)15-6-5-14-10/h2-3,5-6,9H,4,7-8H2,1H3. The first-order valence-corrected chi connectivity index (χ1v) is 6.18. The van der Waals surface area contributed by atoms with Crippen LogP contribution in [0.1, 0.15) is 6.42 Å². The molecule has 0 N–H and O–H groups in total. The SMILES string of the molecule is COC(=O)C1CCN(c2ccc3nccnc3n2)C1. The molecule has 19 heavy (non-hydrogen) atoms. The van der Waals surface area contributed by atoms with E-state index in [0.29, 0.717) is 12.2 Å². The van der Waals surface area contributed by atoms with Gasteiger partial charge < -0.3 is 9.64 Å². The van der Waals surface area contributed by atoms with E-state index in [1.54, 1.807) is 12.4 Å². The number of rotatable bonds is 2. The first-order chi connectivity index (χ1) is 9.28. The lowest BCUT2D eigenvalue weighted by atomic mass is 10.1. The van der Waals surface area contributed by atoms with Crippen LogP contribution in [0, 0.1) is 5.92 Å². The second-order valence-electron chi connectivity index (χ2n) is 4.52. The van der Waals surface area contributed by atoms with Crippen molar-refractivity contribution in [1.82, 2.24) is 15.0 Å². The third-order valence-electron chi connectivity index (χ3n) is 3.36. The maximum Gasteiger partial charge on any atom is 0.310 e. The summed E-state index contributed by atoms with van der Waals surface area (Å²) in [6, 6.07) is 3.81. The van der Waals surface area contributed by atoms with Gasteiger partial charge in [-0.2, -0.15) is 0 Å². The summed E-state index contributed by atoms with van der Waals surface area (Å²) in [5.41, 5.74) is 1.40. The van der Waals surface area contributed by atoms with Crippen LogP contribution in [0.4, 0.5) is 5.82 Å². The van der Waals surface area contributed by atoms with Crippen molar-refractivity contribution in [2.45, 2.75) is 6.42 Å². The molecule has 2 aromatic heterocycles. The van der Waals surface area contributed by atoms with Crippen LogP contribution in [0.3, 0.4) is 0 Å². The number of ether oxygens (including phenoxy) is 1. The Labute approximate surface area is 110 Å². The van der Waals surface area contributed by atoms with E-state index < -0.39 is 0 Å². The van der Waals surface area contributed by atoms with Gasteiger partial charge in [0.05, 0.1) is 13.0 Å². The third-order valence-corrected chi connectivity index (χ3v) is 3.36. The number of aromatic nitrogens is 3. The van der Waals surface area contributed by atoms with E-state index in [1.165, 1.54) is 7.11 Å². The number of carbonyl (C=O) groups excluding carboxylic acids is 1. The van der Waals surface area contributed by atoms with E-state index in [9.17, 15) is 4.79 Å². The number of hydrogen-bond acceptors (Lipinski definition) is 6. The summed E-state index contributed by atoms with van der Waals surface area (Å²) >= 11 is 0. The minimum absolute atomic E-state index is 0.0654. The molecule has 1 aliphatic rings. The summed E-state index contributed by atoms with van der Waals surface area (Å²) in [5.74, 6) is 0.617. The molecule has 0 saturated carbocycles. The highest BCUT2D eigenvalue weighted by atomic mass is 16.5. The smallest absolute Gasteiger partial charge is 0.310 e. The molecule has 98 valence electrons. The van der Waals surface area contributed by atoms with Crippen molar-refractivity contribution in [2.75, 3.05) is 25.1 Å². The van der Waals surface area contributed by atoms with Crippen molar-refractivity contribution in [1.29, 1.82) is 0 Å². The molecule has 1 saturated heterocycles. The number of carbonyl (C=O) groups is 1. The summed E-state index contributed by atoms with van der Waals surface area (Å²) in [6.45, 7) is 1.45. The van der Waals surface area contributed by atoms with Gasteiger partial charge in [-0.3, -0.25) is 9.78 Å². The fourth-order valence-electron chi connectivity index (χ4n) is 2.35. The normalized spacial score (nSPS) is 18.8. The number of methoxy groups -OCH3 is 1. The van der Waals surface area contributed by atoms with Crippen molar-refractivity contribution in [3.8, 4) is 0 Å². The van der Waals surface area contributed by atoms with Gasteiger partial charge in [-0.1, -0.05) is 0 Å². The summed E-state index contributed by atoms with van der Waals surface area (Å²) in [4.78, 5) is 26.4. The van der Waals surface area contributed by atoms with Crippen molar-refractivity contribution in [3.63, 3.8) is 0 Å². The van der Waals surface area contributed by atoms with Gasteiger partial charge in [-0.15, -0.1) is 0 Å². The Bertz CT molecular complexity index is 616. The number of esters is 1. The first-order valence-electron chi connectivity index (χ1n) is 6.18. The maximum atomic E-state index is 11.5. The predicted octanol–water partition coefficient (Wildman–Crippen LogP) is 1.02. The molecule has 6 heteroatoms. The summed E-state index contributed by atoms with van der Waals surface area (Å²) in [6.07, 6.45) is 4.07. The Balaban J connectivity index is 1.83. The summed E-state index contributed by atoms with van der Waals surface area (Å²) in [7, 11) is 1.43. The van der Waals surface area contributed by atoms with Crippen LogP contribution in [0.15, 0.2) is 24.5 Å². The average Bonchev–Trinajstić information content (AvgIpc) is 2.95. The van der Waals surface area contributed by atoms with Crippen LogP contribution in [-0.4, -0.2) is 41.1 Å². The van der Waals surface area contributed by atoms with Gasteiger partial charge in [0.25, 0.3) is 0 Å². The van der Waals surface area contributed by atoms with E-state index in [1.807, 2.05) is 12.1 Å². The number of hydrogen-bond donors (Lipinski definition) is 0. The molecule has 1 unspecified atom stereocenters. The molecule has 0 aliphatic carbocycles. The molecule has 3 rings (SSSR count). The van der Waals surface area contributed by atoms with E-state index in [0.717, 1.165) is 24.3 Å². The quantitative estimate of drug-likeness (QED) is 0.749. The lowest BCUT2D eigenvalue weighted by Gasteiger charge is -2.16. The summed E-state index contributed by atoms with van der Waals surface area (Å²) < 4.78 is 4.78. The van der Waals surface area contributed by atoms with Gasteiger partial charge in [0.1, 0.15) is 11.3 Å². The number of fused-ring (bicyclic) bond motifs is 1. The Morgan fingerprint density at radius 2 is 2.21 bits per heavy atom. The van der Waals surface area contributed by atoms with Gasteiger partial charge in [0.15, 0.2) is 5.65 Å². The second-order valence-corrected chi connectivity index (χ2v) is 4.52. The molecule has 1 atom stereocenters. The highest BCUT2D eigenvalue weighted by Crippen LogP contribution is 2.23. The maximum absolute atomic E-state index is 11.5. The van der Waals surface area contributed by atoms with Gasteiger partial charge in [0.2, 0.25) is 0 Å². The highest BCUT2D eigenvalue weighted by molar-refractivity contribution is 5.75. The highest BCUT2D eigenvalue weighted by Gasteiger charge is 2.29. The topological polar surface area (TPSA) is 68.2 Å². The van der Waals surface area contributed by atoms with E-state index in [-0.39, 0.29) is 11.9 Å². The summed E-state index contributed by atoms with van der Waals surface area (Å²) in [5, 5.41) is 0. The zero-order valence-corrected chi connectivity index (χ0v) is 10.6. The lowest BCUT2D eigenvalue weighted by molar-refractivity contribution is -0.144. The monoisotopic (exact) mass is 258 g/mol. The molecule has 0 spiro atoms. The molecule has 0 bridgehead atoms. The molecule has 1 fully saturated rings. The van der Waals surface area contributed by atoms with E-state index in [2.05, 4.69) is 19.9 Å². The molecule has 6 nitrogen and oxygen atoms in total. The van der Waals surface area contributed by atoms with Crippen LogP contribution in [0.2, 0.25) is 0 Å². The first kappa shape index (κ1) is 11.8. The molecular weight excluding hydrogens is 244 g/mol. The number of anilines is 1. The van der Waals surface area contributed by atoms with Crippen LogP contribution in [0.25, 0.3) is 11.2 Å². The van der Waals surface area contributed by atoms with Crippen molar-refractivity contribution in [2.24, 2.45) is 5.92 Å². The second kappa shape index (κ2) is 4.79. The zero-order valence-electron chi connectivity index (χ0n) is 10.6. The Morgan fingerprint density at radius 3 is 3.05 bits per heavy atom. The van der Waals surface area contributed by atoms with Gasteiger partial charge >= 0.3 is 5.97 Å². The minimum Gasteiger partial charge on any atom is -0.469 e. The van der Waals surface area contributed by atoms with Gasteiger partial charge in [-0.05, 0) is 18.6 Å². The minimum atomic E-state index is -0.150. The largest absolute Gasteiger partial charge is 0.469 e. The molecule has 0 aromatic carbocycles. The Morgan fingerprint density at radius 1 is 1.37 bits per heavy atom. The van der Waals surface area contributed by atoms with Gasteiger partial charge in [-0.25, -0.2) is 9.97 Å². The Hall–Kier alpha value is -2.24. The van der Waals surface area contributed by atoms with Crippen molar-refractivity contribution < 1.29 is 9.53 Å². The van der Waals surface area contributed by atoms with Gasteiger partial charge in [0, 0.05) is 25.5 Å². The molecular formula is C13H14N4O2. The van der Waals surface area contributed by atoms with E-state index in [4.69, 9.17) is 4.74 Å². The molecule has 0 radical (unpaired) electrons. The zero-order chi connectivity index (χ0) is 13.2. The molecule has 0 amide bonds. The predicted molar refractivity (Wildman–Crippen MR) is 69.7 cm³/mol. The van der Waals surface area contributed by atoms with Crippen LogP contribution in [0.5, 0.6) is 0 Å². The lowest BCUT2D eigenvalue weighted by Crippen LogP contribution is -2.24. The molecule has 1 aliphatic heterocycles. The number of nitrogens with zero attached hydrogens (tertiary/aromatic N) is 4. The Kier molecular flexibility index (Phi) is 2.98. The third kappa shape index (κ3) is 2.21. The van der Waals surface area contributed by atoms with Crippen LogP contribution >= 0.6 is 0 Å².